The first kappa shape index (κ1) is 15.4. The minimum atomic E-state index is -3.62. The van der Waals surface area contributed by atoms with Gasteiger partial charge in [-0.1, -0.05) is 13.0 Å². The van der Waals surface area contributed by atoms with Gasteiger partial charge in [-0.25, -0.2) is 13.4 Å². The van der Waals surface area contributed by atoms with Crippen molar-refractivity contribution >= 4 is 42.4 Å². The molecule has 0 saturated heterocycles. The molecule has 0 amide bonds. The molecule has 2 rings (SSSR count). The number of aromatic nitrogens is 1. The molecule has 0 saturated carbocycles. The Balaban J connectivity index is 2.23. The maximum atomic E-state index is 12.3. The van der Waals surface area contributed by atoms with Gasteiger partial charge in [0.2, 0.25) is 0 Å². The molecule has 0 fully saturated rings. The number of hydrogen-bond acceptors (Lipinski definition) is 5. The highest BCUT2D eigenvalue weighted by atomic mass is 79.9. The predicted octanol–water partition coefficient (Wildman–Crippen LogP) is 2.82. The van der Waals surface area contributed by atoms with E-state index in [0.29, 0.717) is 16.1 Å². The average Bonchev–Trinajstić information content (AvgIpc) is 2.88. The van der Waals surface area contributed by atoms with Crippen LogP contribution in [-0.4, -0.2) is 19.9 Å². The first-order chi connectivity index (χ1) is 9.53. The lowest BCUT2D eigenvalue weighted by atomic mass is 10.2. The van der Waals surface area contributed by atoms with Gasteiger partial charge in [-0.05, 0) is 40.2 Å². The van der Waals surface area contributed by atoms with E-state index < -0.39 is 10.0 Å². The molecule has 0 radical (unpaired) electrons. The Labute approximate surface area is 130 Å². The first-order valence-electron chi connectivity index (χ1n) is 5.94. The van der Waals surface area contributed by atoms with Gasteiger partial charge >= 0.3 is 0 Å². The summed E-state index contributed by atoms with van der Waals surface area (Å²) in [6.45, 7) is 3.59. The largest absolute Gasteiger partial charge is 0.313 e. The summed E-state index contributed by atoms with van der Waals surface area (Å²) >= 11 is 4.55. The molecule has 108 valence electrons. The second-order valence-electron chi connectivity index (χ2n) is 3.99. The molecule has 0 aliphatic carbocycles. The van der Waals surface area contributed by atoms with E-state index in [-0.39, 0.29) is 4.90 Å². The average molecular weight is 376 g/mol. The fraction of sp³-hybridized carbons (Fsp3) is 0.250. The third kappa shape index (κ3) is 3.78. The van der Waals surface area contributed by atoms with Crippen LogP contribution in [0.1, 0.15) is 12.5 Å². The van der Waals surface area contributed by atoms with Crippen LogP contribution < -0.4 is 10.0 Å². The maximum absolute atomic E-state index is 12.3. The molecule has 8 heteroatoms. The van der Waals surface area contributed by atoms with Crippen molar-refractivity contribution in [3.63, 3.8) is 0 Å². The van der Waals surface area contributed by atoms with Crippen LogP contribution in [0.25, 0.3) is 0 Å². The van der Waals surface area contributed by atoms with Gasteiger partial charge in [-0.15, -0.1) is 11.3 Å². The van der Waals surface area contributed by atoms with Crippen LogP contribution in [-0.2, 0) is 16.6 Å². The summed E-state index contributed by atoms with van der Waals surface area (Å²) in [4.78, 5) is 4.12. The smallest absolute Gasteiger partial charge is 0.264 e. The number of nitrogens with one attached hydrogen (secondary N) is 2. The van der Waals surface area contributed by atoms with Crippen LogP contribution in [0, 0.1) is 0 Å². The number of thiazole rings is 1. The molecule has 2 N–H and O–H groups in total. The fourth-order valence-corrected chi connectivity index (χ4v) is 4.50. The Hall–Kier alpha value is -0.960. The molecule has 0 bridgehead atoms. The van der Waals surface area contributed by atoms with Crippen LogP contribution in [0.15, 0.2) is 39.1 Å². The van der Waals surface area contributed by atoms with Crippen LogP contribution >= 0.6 is 27.3 Å². The SMILES string of the molecule is CCNCc1ccc(S(=O)(=O)Nc2nccs2)c(Br)c1. The molecular formula is C12H14BrN3O2S2. The third-order valence-electron chi connectivity index (χ3n) is 2.52. The van der Waals surface area contributed by atoms with Crippen molar-refractivity contribution in [3.05, 3.63) is 39.8 Å². The second kappa shape index (κ2) is 6.66. The lowest BCUT2D eigenvalue weighted by Gasteiger charge is -2.09. The second-order valence-corrected chi connectivity index (χ2v) is 7.39. The number of rotatable bonds is 6. The van der Waals surface area contributed by atoms with Gasteiger partial charge in [-0.2, -0.15) is 0 Å². The molecule has 0 unspecified atom stereocenters. The van der Waals surface area contributed by atoms with Crippen molar-refractivity contribution in [2.75, 3.05) is 11.3 Å². The van der Waals surface area contributed by atoms with E-state index in [4.69, 9.17) is 0 Å². The van der Waals surface area contributed by atoms with Gasteiger partial charge in [-0.3, -0.25) is 4.72 Å². The van der Waals surface area contributed by atoms with Gasteiger partial charge in [0.1, 0.15) is 4.90 Å². The number of anilines is 1. The molecule has 0 aliphatic heterocycles. The van der Waals surface area contributed by atoms with Crippen molar-refractivity contribution in [2.24, 2.45) is 0 Å². The normalized spacial score (nSPS) is 11.5. The highest BCUT2D eigenvalue weighted by molar-refractivity contribution is 9.10. The van der Waals surface area contributed by atoms with Gasteiger partial charge in [0.15, 0.2) is 5.13 Å². The zero-order valence-corrected chi connectivity index (χ0v) is 14.0. The van der Waals surface area contributed by atoms with Crippen molar-refractivity contribution in [2.45, 2.75) is 18.4 Å². The zero-order chi connectivity index (χ0) is 14.6. The summed E-state index contributed by atoms with van der Waals surface area (Å²) in [5.41, 5.74) is 1.02. The third-order valence-corrected chi connectivity index (χ3v) is 5.65. The molecule has 2 aromatic rings. The number of sulfonamides is 1. The predicted molar refractivity (Wildman–Crippen MR) is 84.4 cm³/mol. The summed E-state index contributed by atoms with van der Waals surface area (Å²) in [6, 6.07) is 5.19. The topological polar surface area (TPSA) is 71.1 Å². The van der Waals surface area contributed by atoms with Crippen LogP contribution in [0.2, 0.25) is 0 Å². The summed E-state index contributed by atoms with van der Waals surface area (Å²) in [7, 11) is -3.62. The van der Waals surface area contributed by atoms with Gasteiger partial charge in [0, 0.05) is 22.6 Å². The fourth-order valence-electron chi connectivity index (χ4n) is 1.59. The molecule has 1 aromatic heterocycles. The van der Waals surface area contributed by atoms with E-state index in [0.717, 1.165) is 12.1 Å². The maximum Gasteiger partial charge on any atom is 0.264 e. The lowest BCUT2D eigenvalue weighted by molar-refractivity contribution is 0.600. The van der Waals surface area contributed by atoms with Gasteiger partial charge < -0.3 is 5.32 Å². The number of benzene rings is 1. The Morgan fingerprint density at radius 1 is 1.40 bits per heavy atom. The van der Waals surface area contributed by atoms with E-state index in [1.807, 2.05) is 6.92 Å². The molecule has 0 spiro atoms. The lowest BCUT2D eigenvalue weighted by Crippen LogP contribution is -2.15. The summed E-state index contributed by atoms with van der Waals surface area (Å²) in [6.07, 6.45) is 1.55. The Morgan fingerprint density at radius 3 is 2.80 bits per heavy atom. The summed E-state index contributed by atoms with van der Waals surface area (Å²) in [5.74, 6) is 0. The molecule has 20 heavy (non-hydrogen) atoms. The molecule has 1 heterocycles. The van der Waals surface area contributed by atoms with Gasteiger partial charge in [0.25, 0.3) is 10.0 Å². The Bertz CT molecular complexity index is 672. The summed E-state index contributed by atoms with van der Waals surface area (Å²) in [5, 5.41) is 5.26. The van der Waals surface area contributed by atoms with E-state index in [1.54, 1.807) is 29.8 Å². The first-order valence-corrected chi connectivity index (χ1v) is 9.10. The highest BCUT2D eigenvalue weighted by Gasteiger charge is 2.18. The van der Waals surface area contributed by atoms with Crippen molar-refractivity contribution in [3.8, 4) is 0 Å². The molecule has 1 aromatic carbocycles. The van der Waals surface area contributed by atoms with E-state index >= 15 is 0 Å². The number of hydrogen-bond donors (Lipinski definition) is 2. The quantitative estimate of drug-likeness (QED) is 0.814. The van der Waals surface area contributed by atoms with E-state index in [1.165, 1.54) is 11.3 Å². The minimum Gasteiger partial charge on any atom is -0.313 e. The monoisotopic (exact) mass is 375 g/mol. The zero-order valence-electron chi connectivity index (χ0n) is 10.8. The van der Waals surface area contributed by atoms with Crippen LogP contribution in [0.3, 0.4) is 0 Å². The Morgan fingerprint density at radius 2 is 2.20 bits per heavy atom. The number of halogens is 1. The highest BCUT2D eigenvalue weighted by Crippen LogP contribution is 2.26. The minimum absolute atomic E-state index is 0.202. The molecule has 0 atom stereocenters. The van der Waals surface area contributed by atoms with E-state index in [2.05, 4.69) is 31.0 Å². The van der Waals surface area contributed by atoms with Crippen molar-refractivity contribution in [1.29, 1.82) is 0 Å². The van der Waals surface area contributed by atoms with E-state index in [9.17, 15) is 8.42 Å². The molecule has 0 aliphatic rings. The van der Waals surface area contributed by atoms with Crippen LogP contribution in [0.5, 0.6) is 0 Å². The summed E-state index contributed by atoms with van der Waals surface area (Å²) < 4.78 is 27.5. The van der Waals surface area contributed by atoms with Crippen molar-refractivity contribution < 1.29 is 8.42 Å². The number of nitrogens with zero attached hydrogens (tertiary/aromatic N) is 1. The Kier molecular flexibility index (Phi) is 5.14. The molecular weight excluding hydrogens is 362 g/mol. The molecule has 5 nitrogen and oxygen atoms in total. The standard InChI is InChI=1S/C12H14BrN3O2S2/c1-2-14-8-9-3-4-11(10(13)7-9)20(17,18)16-12-15-5-6-19-12/h3-7,14H,2,8H2,1H3,(H,15,16). The van der Waals surface area contributed by atoms with Crippen LogP contribution in [0.4, 0.5) is 5.13 Å². The van der Waals surface area contributed by atoms with Crippen molar-refractivity contribution in [1.82, 2.24) is 10.3 Å². The van der Waals surface area contributed by atoms with Gasteiger partial charge in [0.05, 0.1) is 0 Å².